The number of likely N-dealkylation sites (tertiary alicyclic amines) is 2. The number of ether oxygens (including phenoxy) is 1. The van der Waals surface area contributed by atoms with Crippen molar-refractivity contribution in [2.24, 2.45) is 5.92 Å². The molecule has 5 saturated heterocycles. The smallest absolute Gasteiger partial charge is 0.0755 e. The van der Waals surface area contributed by atoms with Crippen molar-refractivity contribution >= 4 is 0 Å². The highest BCUT2D eigenvalue weighted by Gasteiger charge is 2.41. The van der Waals surface area contributed by atoms with Gasteiger partial charge in [0.25, 0.3) is 0 Å². The number of piperidine rings is 1. The highest BCUT2D eigenvalue weighted by Crippen LogP contribution is 2.27. The first-order valence-electron chi connectivity index (χ1n) is 16.3. The Morgan fingerprint density at radius 1 is 0.684 bits per heavy atom. The van der Waals surface area contributed by atoms with E-state index in [2.05, 4.69) is 55.9 Å². The molecule has 0 saturated carbocycles. The average Bonchev–Trinajstić information content (AvgIpc) is 3.38. The van der Waals surface area contributed by atoms with Crippen LogP contribution < -0.4 is 10.6 Å². The van der Waals surface area contributed by atoms with Gasteiger partial charge in [0.2, 0.25) is 0 Å². The maximum absolute atomic E-state index is 6.51. The predicted molar refractivity (Wildman–Crippen MR) is 157 cm³/mol. The molecule has 5 unspecified atom stereocenters. The molecule has 0 aromatic carbocycles. The van der Waals surface area contributed by atoms with E-state index in [-0.39, 0.29) is 0 Å². The Kier molecular flexibility index (Phi) is 11.2. The van der Waals surface area contributed by atoms with Crippen molar-refractivity contribution in [3.8, 4) is 0 Å². The van der Waals surface area contributed by atoms with Crippen LogP contribution in [0.15, 0.2) is 0 Å². The largest absolute Gasteiger partial charge is 0.375 e. The van der Waals surface area contributed by atoms with Gasteiger partial charge < -0.3 is 15.4 Å². The number of nitrogens with one attached hydrogen (secondary N) is 2. The van der Waals surface area contributed by atoms with Gasteiger partial charge in [0.15, 0.2) is 0 Å². The first-order valence-corrected chi connectivity index (χ1v) is 16.3. The zero-order chi connectivity index (χ0) is 26.3. The van der Waals surface area contributed by atoms with Gasteiger partial charge in [0.05, 0.1) is 12.7 Å². The van der Waals surface area contributed by atoms with Crippen LogP contribution in [0.2, 0.25) is 0 Å². The lowest BCUT2D eigenvalue weighted by molar-refractivity contribution is -0.0758. The third-order valence-corrected chi connectivity index (χ3v) is 10.4. The minimum atomic E-state index is 0.337. The van der Waals surface area contributed by atoms with E-state index in [1.54, 1.807) is 0 Å². The van der Waals surface area contributed by atoms with E-state index >= 15 is 0 Å². The topological polar surface area (TPSA) is 49.5 Å². The van der Waals surface area contributed by atoms with Crippen LogP contribution in [0.1, 0.15) is 52.9 Å². The molecule has 5 aliphatic heterocycles. The van der Waals surface area contributed by atoms with Crippen molar-refractivity contribution < 1.29 is 4.74 Å². The zero-order valence-electron chi connectivity index (χ0n) is 25.0. The van der Waals surface area contributed by atoms with Crippen LogP contribution in [-0.2, 0) is 4.74 Å². The standard InChI is InChI=1S/C30H59N7O/c1-25(2)37-18-11-32-21-27(22-37)29-24-33(19-20-38-29)23-28(35-16-9-31-10-17-35)30(36-14-5-4-6-15-36)26(3)34-12-7-8-13-34/h25-32H,4-24H2,1-3H3. The van der Waals surface area contributed by atoms with Crippen molar-refractivity contribution in [2.75, 3.05) is 105 Å². The van der Waals surface area contributed by atoms with Crippen molar-refractivity contribution in [1.29, 1.82) is 0 Å². The summed E-state index contributed by atoms with van der Waals surface area (Å²) in [6.07, 6.45) is 7.25. The number of morpholine rings is 1. The summed E-state index contributed by atoms with van der Waals surface area (Å²) in [5.41, 5.74) is 0. The molecule has 220 valence electrons. The second kappa shape index (κ2) is 14.5. The molecule has 0 amide bonds. The molecular weight excluding hydrogens is 474 g/mol. The Morgan fingerprint density at radius 2 is 1.34 bits per heavy atom. The van der Waals surface area contributed by atoms with Crippen molar-refractivity contribution in [1.82, 2.24) is 35.1 Å². The van der Waals surface area contributed by atoms with Crippen LogP contribution in [0.3, 0.4) is 0 Å². The van der Waals surface area contributed by atoms with Gasteiger partial charge in [0, 0.05) is 102 Å². The summed E-state index contributed by atoms with van der Waals surface area (Å²) in [6, 6.07) is 2.43. The predicted octanol–water partition coefficient (Wildman–Crippen LogP) is 1.23. The second-order valence-corrected chi connectivity index (χ2v) is 13.1. The number of hydrogen-bond donors (Lipinski definition) is 2. The molecule has 8 nitrogen and oxygen atoms in total. The summed E-state index contributed by atoms with van der Waals surface area (Å²) >= 11 is 0. The van der Waals surface area contributed by atoms with E-state index < -0.39 is 0 Å². The fourth-order valence-corrected chi connectivity index (χ4v) is 8.04. The zero-order valence-corrected chi connectivity index (χ0v) is 25.0. The molecule has 0 radical (unpaired) electrons. The van der Waals surface area contributed by atoms with Gasteiger partial charge in [-0.3, -0.25) is 24.5 Å². The molecule has 0 aromatic heterocycles. The lowest BCUT2D eigenvalue weighted by Gasteiger charge is -2.51. The van der Waals surface area contributed by atoms with Gasteiger partial charge in [-0.2, -0.15) is 0 Å². The van der Waals surface area contributed by atoms with E-state index in [1.165, 1.54) is 77.9 Å². The Hall–Kier alpha value is -0.320. The molecule has 5 fully saturated rings. The summed E-state index contributed by atoms with van der Waals surface area (Å²) in [5, 5.41) is 7.36. The van der Waals surface area contributed by atoms with Crippen LogP contribution in [0.4, 0.5) is 0 Å². The van der Waals surface area contributed by atoms with Gasteiger partial charge in [-0.1, -0.05) is 6.42 Å². The van der Waals surface area contributed by atoms with Gasteiger partial charge in [0.1, 0.15) is 0 Å². The summed E-state index contributed by atoms with van der Waals surface area (Å²) in [6.45, 7) is 25.8. The van der Waals surface area contributed by atoms with E-state index in [1.807, 2.05) is 0 Å². The maximum atomic E-state index is 6.51. The minimum Gasteiger partial charge on any atom is -0.375 e. The maximum Gasteiger partial charge on any atom is 0.0755 e. The third-order valence-electron chi connectivity index (χ3n) is 10.4. The first-order chi connectivity index (χ1) is 18.6. The van der Waals surface area contributed by atoms with Crippen LogP contribution in [0.5, 0.6) is 0 Å². The quantitative estimate of drug-likeness (QED) is 0.459. The molecular formula is C30H59N7O. The normalized spacial score (nSPS) is 32.8. The summed E-state index contributed by atoms with van der Waals surface area (Å²) in [4.78, 5) is 14.1. The number of hydrogen-bond acceptors (Lipinski definition) is 8. The third kappa shape index (κ3) is 7.49. The fraction of sp³-hybridized carbons (Fsp3) is 1.00. The lowest BCUT2D eigenvalue weighted by atomic mass is 9.92. The van der Waals surface area contributed by atoms with Crippen LogP contribution >= 0.6 is 0 Å². The molecule has 5 atom stereocenters. The molecule has 0 aliphatic carbocycles. The monoisotopic (exact) mass is 533 g/mol. The van der Waals surface area contributed by atoms with Gasteiger partial charge in [-0.05, 0) is 72.6 Å². The molecule has 0 spiro atoms. The highest BCUT2D eigenvalue weighted by atomic mass is 16.5. The first kappa shape index (κ1) is 29.2. The molecule has 0 bridgehead atoms. The SMILES string of the molecule is CC(C)N1CCNCC(C2CN(CC(C(C(C)N3CCCC3)N3CCCCC3)N3CCNCC3)CCO2)C1. The van der Waals surface area contributed by atoms with E-state index in [4.69, 9.17) is 4.74 Å². The van der Waals surface area contributed by atoms with Crippen molar-refractivity contribution in [3.63, 3.8) is 0 Å². The molecule has 5 heterocycles. The molecule has 0 aromatic rings. The lowest BCUT2D eigenvalue weighted by Crippen LogP contribution is -2.66. The van der Waals surface area contributed by atoms with Crippen LogP contribution in [0.25, 0.3) is 0 Å². The molecule has 38 heavy (non-hydrogen) atoms. The van der Waals surface area contributed by atoms with Gasteiger partial charge in [-0.25, -0.2) is 0 Å². The van der Waals surface area contributed by atoms with Gasteiger partial charge in [-0.15, -0.1) is 0 Å². The molecule has 5 aliphatic rings. The number of piperazine rings is 1. The Labute approximate surface area is 233 Å². The molecule has 5 rings (SSSR count). The van der Waals surface area contributed by atoms with Gasteiger partial charge >= 0.3 is 0 Å². The minimum absolute atomic E-state index is 0.337. The summed E-state index contributed by atoms with van der Waals surface area (Å²) in [5.74, 6) is 0.571. The Balaban J connectivity index is 1.33. The van der Waals surface area contributed by atoms with E-state index in [0.717, 1.165) is 59.0 Å². The molecule has 2 N–H and O–H groups in total. The summed E-state index contributed by atoms with van der Waals surface area (Å²) in [7, 11) is 0. The molecule has 8 heteroatoms. The highest BCUT2D eigenvalue weighted by molar-refractivity contribution is 4.99. The second-order valence-electron chi connectivity index (χ2n) is 13.1. The average molecular weight is 534 g/mol. The van der Waals surface area contributed by atoms with Crippen LogP contribution in [0, 0.1) is 5.92 Å². The van der Waals surface area contributed by atoms with E-state index in [9.17, 15) is 0 Å². The van der Waals surface area contributed by atoms with Crippen molar-refractivity contribution in [3.05, 3.63) is 0 Å². The Morgan fingerprint density at radius 3 is 2.08 bits per heavy atom. The Bertz CT molecular complexity index is 678. The fourth-order valence-electron chi connectivity index (χ4n) is 8.04. The van der Waals surface area contributed by atoms with E-state index in [0.29, 0.717) is 36.2 Å². The number of nitrogens with zero attached hydrogens (tertiary/aromatic N) is 5. The van der Waals surface area contributed by atoms with Crippen molar-refractivity contribution in [2.45, 2.75) is 83.1 Å². The number of rotatable bonds is 9. The van der Waals surface area contributed by atoms with Crippen LogP contribution in [-0.4, -0.2) is 160 Å². The summed E-state index contributed by atoms with van der Waals surface area (Å²) < 4.78 is 6.51.